The molecular weight excluding hydrogens is 234 g/mol. The largest absolute Gasteiger partial charge is 0.316 e. The molecule has 3 fully saturated rings. The van der Waals surface area contributed by atoms with Gasteiger partial charge < -0.3 is 5.32 Å². The summed E-state index contributed by atoms with van der Waals surface area (Å²) in [6, 6.07) is 0. The van der Waals surface area contributed by atoms with Crippen LogP contribution in [0.4, 0.5) is 0 Å². The van der Waals surface area contributed by atoms with Crippen molar-refractivity contribution in [3.8, 4) is 0 Å². The van der Waals surface area contributed by atoms with Crippen LogP contribution < -0.4 is 5.32 Å². The fraction of sp³-hybridized carbons (Fsp3) is 0.824. The van der Waals surface area contributed by atoms with E-state index in [0.717, 1.165) is 30.6 Å². The molecule has 1 saturated heterocycles. The van der Waals surface area contributed by atoms with Crippen molar-refractivity contribution >= 4 is 5.78 Å². The van der Waals surface area contributed by atoms with Gasteiger partial charge in [0.05, 0.1) is 0 Å². The van der Waals surface area contributed by atoms with E-state index in [1.807, 2.05) is 0 Å². The van der Waals surface area contributed by atoms with E-state index in [-0.39, 0.29) is 0 Å². The van der Waals surface area contributed by atoms with Gasteiger partial charge in [-0.3, -0.25) is 4.79 Å². The summed E-state index contributed by atoms with van der Waals surface area (Å²) in [5, 5.41) is 3.54. The summed E-state index contributed by atoms with van der Waals surface area (Å²) >= 11 is 0. The molecule has 2 nitrogen and oxygen atoms in total. The van der Waals surface area contributed by atoms with Gasteiger partial charge in [0, 0.05) is 12.3 Å². The second kappa shape index (κ2) is 4.73. The SMILES string of the molecule is O=C(CC1CC2CNCCC1C2)C1CC2C=CC1C2. The zero-order valence-corrected chi connectivity index (χ0v) is 11.7. The summed E-state index contributed by atoms with van der Waals surface area (Å²) in [4.78, 5) is 12.6. The lowest BCUT2D eigenvalue weighted by Gasteiger charge is -2.23. The minimum atomic E-state index is 0.385. The predicted octanol–water partition coefficient (Wildman–Crippen LogP) is 2.79. The van der Waals surface area contributed by atoms with Crippen molar-refractivity contribution in [1.29, 1.82) is 0 Å². The van der Waals surface area contributed by atoms with Gasteiger partial charge in [0.15, 0.2) is 0 Å². The smallest absolute Gasteiger partial charge is 0.136 e. The number of carbonyl (C=O) groups excluding carboxylic acids is 1. The molecule has 4 bridgehead atoms. The first kappa shape index (κ1) is 12.1. The highest BCUT2D eigenvalue weighted by atomic mass is 16.1. The molecule has 0 amide bonds. The maximum Gasteiger partial charge on any atom is 0.136 e. The standard InChI is InChI=1S/C17H25NO/c19-17(16-8-11-1-2-14(16)5-11)9-15-7-12-6-13(15)3-4-18-10-12/h1-2,11-16,18H,3-10H2. The molecule has 6 atom stereocenters. The van der Waals surface area contributed by atoms with Crippen molar-refractivity contribution < 1.29 is 4.79 Å². The Hall–Kier alpha value is -0.630. The van der Waals surface area contributed by atoms with Gasteiger partial charge in [-0.2, -0.15) is 0 Å². The third-order valence-electron chi connectivity index (χ3n) is 6.22. The first-order valence-electron chi connectivity index (χ1n) is 8.21. The second-order valence-corrected chi connectivity index (χ2v) is 7.41. The Morgan fingerprint density at radius 3 is 2.89 bits per heavy atom. The summed E-state index contributed by atoms with van der Waals surface area (Å²) in [6.45, 7) is 2.36. The van der Waals surface area contributed by atoms with Crippen LogP contribution in [0.2, 0.25) is 0 Å². The van der Waals surface area contributed by atoms with Gasteiger partial charge in [-0.25, -0.2) is 0 Å². The number of rotatable bonds is 3. The van der Waals surface area contributed by atoms with Crippen LogP contribution in [0, 0.1) is 35.5 Å². The number of Topliss-reactive ketones (excluding diaryl/α,β-unsaturated/α-hetero) is 1. The number of carbonyl (C=O) groups is 1. The number of allylic oxidation sites excluding steroid dienone is 2. The van der Waals surface area contributed by atoms with E-state index in [1.165, 1.54) is 38.8 Å². The molecule has 0 aromatic carbocycles. The van der Waals surface area contributed by atoms with Gasteiger partial charge >= 0.3 is 0 Å². The van der Waals surface area contributed by atoms with Gasteiger partial charge in [0.25, 0.3) is 0 Å². The minimum Gasteiger partial charge on any atom is -0.316 e. The second-order valence-electron chi connectivity index (χ2n) is 7.41. The fourth-order valence-electron chi connectivity index (χ4n) is 5.26. The summed E-state index contributed by atoms with van der Waals surface area (Å²) in [7, 11) is 0. The normalized spacial score (nSPS) is 47.6. The lowest BCUT2D eigenvalue weighted by atomic mass is 9.81. The average molecular weight is 259 g/mol. The van der Waals surface area contributed by atoms with Crippen LogP contribution in [0.25, 0.3) is 0 Å². The predicted molar refractivity (Wildman–Crippen MR) is 75.7 cm³/mol. The van der Waals surface area contributed by atoms with Crippen molar-refractivity contribution in [1.82, 2.24) is 5.32 Å². The first-order chi connectivity index (χ1) is 9.29. The first-order valence-corrected chi connectivity index (χ1v) is 8.21. The van der Waals surface area contributed by atoms with E-state index < -0.39 is 0 Å². The average Bonchev–Trinajstić information content (AvgIpc) is 3.04. The van der Waals surface area contributed by atoms with E-state index >= 15 is 0 Å². The van der Waals surface area contributed by atoms with Gasteiger partial charge in [0.1, 0.15) is 5.78 Å². The van der Waals surface area contributed by atoms with E-state index in [2.05, 4.69) is 17.5 Å². The molecule has 2 heteroatoms. The van der Waals surface area contributed by atoms with Crippen LogP contribution in [0.3, 0.4) is 0 Å². The van der Waals surface area contributed by atoms with Crippen molar-refractivity contribution in [3.63, 3.8) is 0 Å². The molecule has 0 aromatic heterocycles. The maximum atomic E-state index is 12.6. The van der Waals surface area contributed by atoms with Crippen LogP contribution in [0.5, 0.6) is 0 Å². The lowest BCUT2D eigenvalue weighted by molar-refractivity contribution is -0.124. The van der Waals surface area contributed by atoms with Crippen LogP contribution >= 0.6 is 0 Å². The van der Waals surface area contributed by atoms with Crippen LogP contribution in [-0.4, -0.2) is 18.9 Å². The third-order valence-corrected chi connectivity index (χ3v) is 6.22. The molecule has 4 rings (SSSR count). The van der Waals surface area contributed by atoms with Gasteiger partial charge in [0.2, 0.25) is 0 Å². The molecule has 4 aliphatic rings. The Bertz CT molecular complexity index is 402. The molecule has 3 aliphatic carbocycles. The van der Waals surface area contributed by atoms with Gasteiger partial charge in [-0.15, -0.1) is 0 Å². The van der Waals surface area contributed by atoms with E-state index in [1.54, 1.807) is 0 Å². The van der Waals surface area contributed by atoms with Gasteiger partial charge in [-0.1, -0.05) is 12.2 Å². The Balaban J connectivity index is 1.39. The molecule has 1 heterocycles. The van der Waals surface area contributed by atoms with E-state index in [0.29, 0.717) is 23.5 Å². The highest BCUT2D eigenvalue weighted by Gasteiger charge is 2.42. The molecule has 2 saturated carbocycles. The minimum absolute atomic E-state index is 0.385. The Kier molecular flexibility index (Phi) is 3.02. The Morgan fingerprint density at radius 2 is 2.11 bits per heavy atom. The monoisotopic (exact) mass is 259 g/mol. The molecule has 0 radical (unpaired) electrons. The van der Waals surface area contributed by atoms with E-state index in [4.69, 9.17) is 0 Å². The number of ketones is 1. The molecule has 1 aliphatic heterocycles. The Labute approximate surface area is 116 Å². The highest BCUT2D eigenvalue weighted by Crippen LogP contribution is 2.47. The van der Waals surface area contributed by atoms with Gasteiger partial charge in [-0.05, 0) is 74.8 Å². The molecule has 19 heavy (non-hydrogen) atoms. The maximum absolute atomic E-state index is 12.6. The van der Waals surface area contributed by atoms with Crippen molar-refractivity contribution in [2.75, 3.05) is 13.1 Å². The van der Waals surface area contributed by atoms with Crippen LogP contribution in [0.1, 0.15) is 38.5 Å². The quantitative estimate of drug-likeness (QED) is 0.790. The fourth-order valence-corrected chi connectivity index (χ4v) is 5.26. The van der Waals surface area contributed by atoms with E-state index in [9.17, 15) is 4.79 Å². The molecular formula is C17H25NO. The number of fused-ring (bicyclic) bond motifs is 4. The summed E-state index contributed by atoms with van der Waals surface area (Å²) in [5.74, 6) is 4.71. The lowest BCUT2D eigenvalue weighted by Crippen LogP contribution is -2.27. The number of nitrogens with one attached hydrogen (secondary N) is 1. The molecule has 1 N–H and O–H groups in total. The summed E-state index contributed by atoms with van der Waals surface area (Å²) < 4.78 is 0. The van der Waals surface area contributed by atoms with Crippen molar-refractivity contribution in [2.45, 2.75) is 38.5 Å². The summed E-state index contributed by atoms with van der Waals surface area (Å²) in [6.07, 6.45) is 11.9. The molecule has 104 valence electrons. The topological polar surface area (TPSA) is 29.1 Å². The zero-order chi connectivity index (χ0) is 12.8. The number of hydrogen-bond acceptors (Lipinski definition) is 2. The molecule has 0 aromatic rings. The third kappa shape index (κ3) is 2.18. The van der Waals surface area contributed by atoms with Crippen molar-refractivity contribution in [3.05, 3.63) is 12.2 Å². The van der Waals surface area contributed by atoms with Crippen LogP contribution in [0.15, 0.2) is 12.2 Å². The zero-order valence-electron chi connectivity index (χ0n) is 11.7. The van der Waals surface area contributed by atoms with Crippen LogP contribution in [-0.2, 0) is 4.79 Å². The van der Waals surface area contributed by atoms with Crippen molar-refractivity contribution in [2.24, 2.45) is 35.5 Å². The summed E-state index contributed by atoms with van der Waals surface area (Å²) in [5.41, 5.74) is 0. The molecule has 6 unspecified atom stereocenters. The highest BCUT2D eigenvalue weighted by molar-refractivity contribution is 5.82. The Morgan fingerprint density at radius 1 is 1.16 bits per heavy atom. The molecule has 0 spiro atoms. The number of hydrogen-bond donors (Lipinski definition) is 1.